The molecule has 0 saturated heterocycles. The third kappa shape index (κ3) is 11.4. The Hall–Kier alpha value is -12.6. The molecule has 12 aromatic rings. The Kier molecular flexibility index (Phi) is 17.7. The fraction of sp³-hybridized carbons (Fsp3) is 0.0909. The quantitative estimate of drug-likeness (QED) is 0.0689. The Morgan fingerprint density at radius 1 is 0.270 bits per heavy atom. The number of rotatable bonds is 12. The summed E-state index contributed by atoms with van der Waals surface area (Å²) in [7, 11) is -10.6. The smallest absolute Gasteiger partial charge is 0.187 e. The van der Waals surface area contributed by atoms with Crippen LogP contribution < -0.4 is 62.2 Å². The summed E-state index contributed by atoms with van der Waals surface area (Å²) in [6.07, 6.45) is 1.57. The maximum absolute atomic E-state index is 9.63. The van der Waals surface area contributed by atoms with E-state index in [0.717, 1.165) is 12.8 Å². The van der Waals surface area contributed by atoms with Gasteiger partial charge in [-0.15, -0.1) is 0 Å². The molecule has 0 spiro atoms. The molecule has 0 bridgehead atoms. The van der Waals surface area contributed by atoms with Gasteiger partial charge in [-0.1, -0.05) is 264 Å². The molecule has 2 aliphatic carbocycles. The van der Waals surface area contributed by atoms with Crippen LogP contribution in [-0.2, 0) is 12.8 Å². The zero-order valence-electron chi connectivity index (χ0n) is 56.2. The second kappa shape index (κ2) is 26.8. The Morgan fingerprint density at radius 2 is 0.480 bits per heavy atom. The Labute approximate surface area is 589 Å². The molecule has 0 aliphatic heterocycles. The molecule has 0 atom stereocenters. The van der Waals surface area contributed by atoms with E-state index in [-0.39, 0.29) is 0 Å². The lowest BCUT2D eigenvalue weighted by atomic mass is 10.0. The summed E-state index contributed by atoms with van der Waals surface area (Å²) in [5, 5.41) is 53.5. The van der Waals surface area contributed by atoms with Gasteiger partial charge in [0.2, 0.25) is 0 Å². The average Bonchev–Trinajstić information content (AvgIpc) is 1.54. The van der Waals surface area contributed by atoms with Gasteiger partial charge in [0, 0.05) is 0 Å². The van der Waals surface area contributed by atoms with E-state index < -0.39 is 32.3 Å². The van der Waals surface area contributed by atoms with Gasteiger partial charge in [0.25, 0.3) is 0 Å². The van der Waals surface area contributed by atoms with E-state index in [9.17, 15) is 21.0 Å². The van der Waals surface area contributed by atoms with Gasteiger partial charge in [0.05, 0.1) is 72.8 Å². The Morgan fingerprint density at radius 3 is 0.700 bits per heavy atom. The standard InChI is InChI=1S/C45H34N4Si2.C43H30N4Si2/c1-30-23-40-41-24-31(2)26-45(51(6,38-19-11-34(48-3)12-20-38)39-21-13-35(49-4)14-22-39)43(41)27-42(40)44(25-30)50(5,36-15-7-32(28-46)8-16-36)37-17-9-33(29-47)10-18-37;1-46-32-15-23-36(24-16-32)49(4,37-25-17-33(47-2)18-26-37)43-10-6-8-39-38-7-5-9-42(40(38)27-41(39)43)48(3,34-19-11-30(28-44)12-20-34)35-21-13-31(29-45)14-22-35/h7-26H,27H2,1-2,5-6H3;5-26H,27H2,3-4H3. The fourth-order valence-corrected chi connectivity index (χ4v) is 31.3. The van der Waals surface area contributed by atoms with Crippen LogP contribution in [0.5, 0.6) is 0 Å². The SMILES string of the molecule is [C-]#[N+]c1ccc([Si](C)(c2ccc([N+]#[C-])cc2)c2cc(C)cc3c2Cc2c-3cc(C)cc2[Si](C)(c2ccc(C#N)cc2)c2ccc(C#N)cc2)cc1.[C-]#[N+]c1ccc([Si](C)(c2ccc([N+]#[C-])cc2)c2cccc3c2Cc2c-3cccc2[Si](C)(c2ccc(C#N)cc2)c2ccc(C#N)cc2)cc1. The average molecular weight is 1350 g/mol. The lowest BCUT2D eigenvalue weighted by Crippen LogP contribution is -2.66. The van der Waals surface area contributed by atoms with Crippen molar-refractivity contribution in [1.82, 2.24) is 0 Å². The first-order valence-electron chi connectivity index (χ1n) is 33.0. The molecule has 8 nitrogen and oxygen atoms in total. The topological polar surface area (TPSA) is 113 Å². The Bertz CT molecular complexity index is 5030. The van der Waals surface area contributed by atoms with Crippen LogP contribution in [0.4, 0.5) is 22.7 Å². The third-order valence-electron chi connectivity index (χ3n) is 21.2. The van der Waals surface area contributed by atoms with Gasteiger partial charge < -0.3 is 0 Å². The maximum Gasteiger partial charge on any atom is 0.187 e. The number of nitrogens with zero attached hydrogens (tertiary/aromatic N) is 8. The van der Waals surface area contributed by atoms with Gasteiger partial charge in [-0.3, -0.25) is 0 Å². The van der Waals surface area contributed by atoms with E-state index in [1.54, 1.807) is 0 Å². The van der Waals surface area contributed by atoms with Gasteiger partial charge in [0.1, 0.15) is 32.3 Å². The lowest BCUT2D eigenvalue weighted by Gasteiger charge is -2.33. The number of nitriles is 4. The van der Waals surface area contributed by atoms with Crippen LogP contribution in [0.1, 0.15) is 55.6 Å². The van der Waals surface area contributed by atoms with E-state index in [4.69, 9.17) is 26.3 Å². The highest BCUT2D eigenvalue weighted by Crippen LogP contribution is 2.40. The predicted octanol–water partition coefficient (Wildman–Crippen LogP) is 13.2. The molecule has 0 unspecified atom stereocenters. The van der Waals surface area contributed by atoms with E-state index in [1.807, 2.05) is 97.1 Å². The summed E-state index contributed by atoms with van der Waals surface area (Å²) in [6, 6.07) is 96.7. The largest absolute Gasteiger partial charge is 0.238 e. The number of aryl methyl sites for hydroxylation is 2. The minimum atomic E-state index is -2.67. The van der Waals surface area contributed by atoms with Crippen molar-refractivity contribution in [3.63, 3.8) is 0 Å². The molecule has 0 N–H and O–H groups in total. The summed E-state index contributed by atoms with van der Waals surface area (Å²) in [6.45, 7) is 44.2. The molecule has 12 heteroatoms. The molecule has 2 aliphatic rings. The normalized spacial score (nSPS) is 11.7. The minimum absolute atomic E-state index is 0.619. The van der Waals surface area contributed by atoms with E-state index in [0.29, 0.717) is 45.0 Å². The Balaban J connectivity index is 0.000000179. The molecule has 12 aromatic carbocycles. The van der Waals surface area contributed by atoms with Gasteiger partial charge in [-0.2, -0.15) is 21.0 Å². The molecule has 0 fully saturated rings. The highest BCUT2D eigenvalue weighted by molar-refractivity contribution is 7.13. The van der Waals surface area contributed by atoms with Crippen LogP contribution in [0.25, 0.3) is 41.6 Å². The van der Waals surface area contributed by atoms with Crippen molar-refractivity contribution in [3.05, 3.63) is 356 Å². The van der Waals surface area contributed by atoms with Crippen molar-refractivity contribution in [2.24, 2.45) is 0 Å². The molecular weight excluding hydrogens is 1280 g/mol. The van der Waals surface area contributed by atoms with Crippen LogP contribution in [-0.4, -0.2) is 32.3 Å². The first-order valence-corrected chi connectivity index (χ1v) is 43.0. The predicted molar refractivity (Wildman–Crippen MR) is 416 cm³/mol. The molecule has 0 saturated carbocycles. The molecule has 0 amide bonds. The molecule has 472 valence electrons. The van der Waals surface area contributed by atoms with Gasteiger partial charge in [0.15, 0.2) is 22.7 Å². The minimum Gasteiger partial charge on any atom is -0.238 e. The van der Waals surface area contributed by atoms with Crippen molar-refractivity contribution in [2.75, 3.05) is 0 Å². The van der Waals surface area contributed by atoms with E-state index >= 15 is 0 Å². The third-order valence-corrected chi connectivity index (χ3v) is 39.3. The van der Waals surface area contributed by atoms with Gasteiger partial charge in [-0.05, 0) is 161 Å². The molecular formula is C88H64N8Si4. The number of fused-ring (bicyclic) bond motifs is 6. The van der Waals surface area contributed by atoms with E-state index in [2.05, 4.69) is 241 Å². The summed E-state index contributed by atoms with van der Waals surface area (Å²) >= 11 is 0. The zero-order chi connectivity index (χ0) is 70.1. The van der Waals surface area contributed by atoms with Crippen molar-refractivity contribution in [3.8, 4) is 46.5 Å². The second-order valence-electron chi connectivity index (χ2n) is 26.6. The first-order chi connectivity index (χ1) is 48.5. The fourth-order valence-electron chi connectivity index (χ4n) is 15.6. The maximum atomic E-state index is 9.63. The van der Waals surface area contributed by atoms with Crippen molar-refractivity contribution >= 4 is 117 Å². The molecule has 0 radical (unpaired) electrons. The van der Waals surface area contributed by atoms with Crippen LogP contribution in [0.15, 0.2) is 255 Å². The summed E-state index contributed by atoms with van der Waals surface area (Å²) in [4.78, 5) is 14.7. The molecule has 0 aromatic heterocycles. The van der Waals surface area contributed by atoms with Crippen LogP contribution in [0.3, 0.4) is 0 Å². The highest BCUT2D eigenvalue weighted by atomic mass is 28.3. The van der Waals surface area contributed by atoms with E-state index in [1.165, 1.54) is 118 Å². The monoisotopic (exact) mass is 1340 g/mol. The number of benzene rings is 12. The first kappa shape index (κ1) is 66.1. The molecule has 14 rings (SSSR count). The number of hydrogen-bond acceptors (Lipinski definition) is 4. The summed E-state index contributed by atoms with van der Waals surface area (Å²) < 4.78 is 0. The van der Waals surface area contributed by atoms with Crippen molar-refractivity contribution < 1.29 is 0 Å². The molecule has 100 heavy (non-hydrogen) atoms. The number of hydrogen-bond donors (Lipinski definition) is 0. The van der Waals surface area contributed by atoms with Gasteiger partial charge in [-0.25, -0.2) is 19.4 Å². The van der Waals surface area contributed by atoms with Crippen molar-refractivity contribution in [2.45, 2.75) is 52.9 Å². The highest BCUT2D eigenvalue weighted by Gasteiger charge is 2.45. The van der Waals surface area contributed by atoms with Crippen LogP contribution in [0, 0.1) is 85.5 Å². The second-order valence-corrected chi connectivity index (χ2v) is 42.4. The summed E-state index contributed by atoms with van der Waals surface area (Å²) in [5.41, 5.74) is 17.8. The lowest BCUT2D eigenvalue weighted by molar-refractivity contribution is 1.28. The van der Waals surface area contributed by atoms with Crippen LogP contribution >= 0.6 is 0 Å². The van der Waals surface area contributed by atoms with Gasteiger partial charge >= 0.3 is 0 Å². The molecule has 0 heterocycles. The zero-order valence-corrected chi connectivity index (χ0v) is 60.2. The van der Waals surface area contributed by atoms with Crippen LogP contribution in [0.2, 0.25) is 26.2 Å². The van der Waals surface area contributed by atoms with Crippen molar-refractivity contribution in [1.29, 1.82) is 21.0 Å². The summed E-state index contributed by atoms with van der Waals surface area (Å²) in [5.74, 6) is 0.